The Kier molecular flexibility index (Phi) is 8.37. The number of esters is 2. The van der Waals surface area contributed by atoms with Crippen LogP contribution in [0, 0.1) is 6.92 Å². The maximum Gasteiger partial charge on any atom is 0.337 e. The quantitative estimate of drug-likeness (QED) is 0.572. The maximum absolute atomic E-state index is 12.0. The molecule has 2 aromatic rings. The number of carbonyl (C=O) groups excluding carboxylic acids is 4. The molecular weight excluding hydrogens is 390 g/mol. The van der Waals surface area contributed by atoms with Gasteiger partial charge in [-0.25, -0.2) is 9.59 Å². The third-order valence-corrected chi connectivity index (χ3v) is 3.94. The van der Waals surface area contributed by atoms with E-state index in [2.05, 4.69) is 20.7 Å². The van der Waals surface area contributed by atoms with E-state index in [4.69, 9.17) is 4.74 Å². The van der Waals surface area contributed by atoms with E-state index < -0.39 is 30.5 Å². The van der Waals surface area contributed by atoms with Crippen LogP contribution in [0.3, 0.4) is 0 Å². The van der Waals surface area contributed by atoms with E-state index in [0.29, 0.717) is 11.4 Å². The molecule has 0 saturated heterocycles. The van der Waals surface area contributed by atoms with Crippen molar-refractivity contribution in [1.29, 1.82) is 0 Å². The van der Waals surface area contributed by atoms with Crippen LogP contribution < -0.4 is 16.0 Å². The molecule has 0 atom stereocenters. The molecule has 0 unspecified atom stereocenters. The Hall–Kier alpha value is -3.88. The van der Waals surface area contributed by atoms with Crippen molar-refractivity contribution in [3.05, 3.63) is 59.7 Å². The topological polar surface area (TPSA) is 123 Å². The van der Waals surface area contributed by atoms with E-state index >= 15 is 0 Å². The van der Waals surface area contributed by atoms with Crippen LogP contribution in [0.15, 0.2) is 48.5 Å². The van der Waals surface area contributed by atoms with E-state index in [1.807, 2.05) is 6.07 Å². The molecule has 0 aliphatic heterocycles. The molecular formula is C21H23N3O6. The summed E-state index contributed by atoms with van der Waals surface area (Å²) in [6.07, 6.45) is -0.0909. The molecule has 0 saturated carbocycles. The third-order valence-electron chi connectivity index (χ3n) is 3.94. The highest BCUT2D eigenvalue weighted by Gasteiger charge is 2.12. The molecule has 3 N–H and O–H groups in total. The number of urea groups is 1. The average molecular weight is 413 g/mol. The molecule has 0 aliphatic carbocycles. The Bertz CT molecular complexity index is 914. The van der Waals surface area contributed by atoms with E-state index in [1.54, 1.807) is 43.3 Å². The Balaban J connectivity index is 1.71. The van der Waals surface area contributed by atoms with E-state index in [0.717, 1.165) is 5.56 Å². The smallest absolute Gasteiger partial charge is 0.337 e. The van der Waals surface area contributed by atoms with E-state index in [-0.39, 0.29) is 18.5 Å². The second-order valence-corrected chi connectivity index (χ2v) is 6.23. The molecule has 0 aliphatic rings. The number of carbonyl (C=O) groups is 4. The number of para-hydroxylation sites is 1. The second-order valence-electron chi connectivity index (χ2n) is 6.23. The highest BCUT2D eigenvalue weighted by atomic mass is 16.5. The van der Waals surface area contributed by atoms with Crippen molar-refractivity contribution in [3.63, 3.8) is 0 Å². The monoisotopic (exact) mass is 413 g/mol. The number of hydrogen-bond donors (Lipinski definition) is 3. The van der Waals surface area contributed by atoms with Gasteiger partial charge in [-0.15, -0.1) is 0 Å². The van der Waals surface area contributed by atoms with E-state index in [9.17, 15) is 19.2 Å². The number of ether oxygens (including phenoxy) is 2. The van der Waals surface area contributed by atoms with E-state index in [1.165, 1.54) is 13.2 Å². The summed E-state index contributed by atoms with van der Waals surface area (Å²) in [7, 11) is 1.26. The molecule has 0 bridgehead atoms. The van der Waals surface area contributed by atoms with Crippen molar-refractivity contribution in [2.24, 2.45) is 0 Å². The predicted molar refractivity (Wildman–Crippen MR) is 110 cm³/mol. The lowest BCUT2D eigenvalue weighted by Crippen LogP contribution is -2.31. The molecule has 2 rings (SSSR count). The van der Waals surface area contributed by atoms with Gasteiger partial charge in [-0.1, -0.05) is 24.3 Å². The molecule has 3 amide bonds. The molecule has 0 aromatic heterocycles. The Morgan fingerprint density at radius 3 is 2.40 bits per heavy atom. The fourth-order valence-electron chi connectivity index (χ4n) is 2.38. The number of hydrogen-bond acceptors (Lipinski definition) is 6. The number of rotatable bonds is 8. The normalized spacial score (nSPS) is 9.93. The zero-order chi connectivity index (χ0) is 21.9. The summed E-state index contributed by atoms with van der Waals surface area (Å²) in [6, 6.07) is 13.1. The first-order chi connectivity index (χ1) is 14.4. The zero-order valence-electron chi connectivity index (χ0n) is 16.7. The van der Waals surface area contributed by atoms with Crippen molar-refractivity contribution < 1.29 is 28.7 Å². The summed E-state index contributed by atoms with van der Waals surface area (Å²) in [5, 5.41) is 7.72. The first kappa shape index (κ1) is 22.4. The average Bonchev–Trinajstić information content (AvgIpc) is 2.74. The van der Waals surface area contributed by atoms with Crippen LogP contribution >= 0.6 is 0 Å². The lowest BCUT2D eigenvalue weighted by Gasteiger charge is -2.11. The first-order valence-electron chi connectivity index (χ1n) is 9.13. The SMILES string of the molecule is COC(=O)c1ccc(C)c(NC(=O)COC(=O)CCNC(=O)Nc2ccccc2)c1. The zero-order valence-corrected chi connectivity index (χ0v) is 16.7. The van der Waals surface area contributed by atoms with Gasteiger partial charge >= 0.3 is 18.0 Å². The second kappa shape index (κ2) is 11.2. The highest BCUT2D eigenvalue weighted by Crippen LogP contribution is 2.17. The summed E-state index contributed by atoms with van der Waals surface area (Å²) in [5.74, 6) is -1.71. The molecule has 158 valence electrons. The molecule has 9 heteroatoms. The summed E-state index contributed by atoms with van der Waals surface area (Å²) in [5.41, 5.74) is 2.06. The fraction of sp³-hybridized carbons (Fsp3) is 0.238. The standard InChI is InChI=1S/C21H23N3O6/c1-14-8-9-15(20(27)29-2)12-17(14)24-18(25)13-30-19(26)10-11-22-21(28)23-16-6-4-3-5-7-16/h3-9,12H,10-11,13H2,1-2H3,(H,24,25)(H2,22,23,28). The van der Waals surface area contributed by atoms with Gasteiger partial charge in [0.15, 0.2) is 6.61 Å². The number of aryl methyl sites for hydroxylation is 1. The molecule has 9 nitrogen and oxygen atoms in total. The van der Waals surface area contributed by atoms with Crippen molar-refractivity contribution >= 4 is 35.3 Å². The molecule has 0 spiro atoms. The summed E-state index contributed by atoms with van der Waals surface area (Å²) in [6.45, 7) is 1.32. The number of benzene rings is 2. The molecule has 0 heterocycles. The first-order valence-corrected chi connectivity index (χ1v) is 9.13. The number of amides is 3. The van der Waals surface area contributed by atoms with Crippen molar-refractivity contribution in [2.45, 2.75) is 13.3 Å². The van der Waals surface area contributed by atoms with Crippen molar-refractivity contribution in [1.82, 2.24) is 5.32 Å². The van der Waals surface area contributed by atoms with Crippen LogP contribution in [-0.4, -0.2) is 44.1 Å². The van der Waals surface area contributed by atoms with Gasteiger partial charge in [0, 0.05) is 17.9 Å². The summed E-state index contributed by atoms with van der Waals surface area (Å²) >= 11 is 0. The minimum atomic E-state index is -0.634. The Labute approximate surface area is 173 Å². The van der Waals surface area contributed by atoms with Gasteiger partial charge in [0.25, 0.3) is 5.91 Å². The largest absolute Gasteiger partial charge is 0.465 e. The minimum absolute atomic E-state index is 0.0550. The molecule has 0 radical (unpaired) electrons. The van der Waals surface area contributed by atoms with Crippen LogP contribution in [0.25, 0.3) is 0 Å². The van der Waals surface area contributed by atoms with Gasteiger partial charge in [-0.2, -0.15) is 0 Å². The van der Waals surface area contributed by atoms with Crippen LogP contribution in [0.1, 0.15) is 22.3 Å². The van der Waals surface area contributed by atoms with Gasteiger partial charge in [0.2, 0.25) is 0 Å². The molecule has 2 aromatic carbocycles. The number of anilines is 2. The Morgan fingerprint density at radius 1 is 0.967 bits per heavy atom. The number of methoxy groups -OCH3 is 1. The van der Waals surface area contributed by atoms with Crippen LogP contribution in [0.4, 0.5) is 16.2 Å². The maximum atomic E-state index is 12.0. The van der Waals surface area contributed by atoms with Gasteiger partial charge in [0.1, 0.15) is 0 Å². The lowest BCUT2D eigenvalue weighted by atomic mass is 10.1. The van der Waals surface area contributed by atoms with Crippen molar-refractivity contribution in [3.8, 4) is 0 Å². The number of nitrogens with one attached hydrogen (secondary N) is 3. The van der Waals surface area contributed by atoms with Gasteiger partial charge < -0.3 is 25.4 Å². The van der Waals surface area contributed by atoms with Crippen LogP contribution in [0.5, 0.6) is 0 Å². The molecule has 30 heavy (non-hydrogen) atoms. The third kappa shape index (κ3) is 7.27. The lowest BCUT2D eigenvalue weighted by molar-refractivity contribution is -0.147. The van der Waals surface area contributed by atoms with Gasteiger partial charge in [-0.05, 0) is 36.8 Å². The highest BCUT2D eigenvalue weighted by molar-refractivity contribution is 5.96. The molecule has 0 fully saturated rings. The predicted octanol–water partition coefficient (Wildman–Crippen LogP) is 2.48. The van der Waals surface area contributed by atoms with Crippen LogP contribution in [-0.2, 0) is 19.1 Å². The fourth-order valence-corrected chi connectivity index (χ4v) is 2.38. The summed E-state index contributed by atoms with van der Waals surface area (Å²) < 4.78 is 9.55. The summed E-state index contributed by atoms with van der Waals surface area (Å²) in [4.78, 5) is 47.1. The minimum Gasteiger partial charge on any atom is -0.465 e. The van der Waals surface area contributed by atoms with Crippen LogP contribution in [0.2, 0.25) is 0 Å². The van der Waals surface area contributed by atoms with Gasteiger partial charge in [0.05, 0.1) is 19.1 Å². The van der Waals surface area contributed by atoms with Crippen molar-refractivity contribution in [2.75, 3.05) is 30.9 Å². The Morgan fingerprint density at radius 2 is 1.70 bits per heavy atom. The van der Waals surface area contributed by atoms with Gasteiger partial charge in [-0.3, -0.25) is 9.59 Å².